The quantitative estimate of drug-likeness (QED) is 0.594. The van der Waals surface area contributed by atoms with E-state index in [1.807, 2.05) is 0 Å². The molecule has 2 aromatic carbocycles. The maximum atomic E-state index is 13.7. The van der Waals surface area contributed by atoms with E-state index in [0.29, 0.717) is 33.9 Å². The molecular weight excluding hydrogens is 413 g/mol. The van der Waals surface area contributed by atoms with Crippen LogP contribution < -0.4 is 4.90 Å². The molecule has 0 atom stereocenters. The van der Waals surface area contributed by atoms with Crippen molar-refractivity contribution in [3.8, 4) is 11.3 Å². The van der Waals surface area contributed by atoms with Gasteiger partial charge in [0, 0.05) is 11.1 Å². The van der Waals surface area contributed by atoms with E-state index in [2.05, 4.69) is 9.97 Å². The molecule has 0 saturated heterocycles. The SMILES string of the molecule is Cc1cc(F)ccc1N(Cc1nc2c([nH]1)C(=O)C(=O)c1ccccc1-2)C(=O)OC(C)(C)C. The largest absolute Gasteiger partial charge is 0.443 e. The number of ether oxygens (including phenoxy) is 1. The second-order valence-corrected chi connectivity index (χ2v) is 8.61. The summed E-state index contributed by atoms with van der Waals surface area (Å²) in [5.41, 5.74) is 1.51. The second kappa shape index (κ2) is 7.71. The second-order valence-electron chi connectivity index (χ2n) is 8.61. The molecule has 32 heavy (non-hydrogen) atoms. The third-order valence-electron chi connectivity index (χ3n) is 4.98. The third-order valence-corrected chi connectivity index (χ3v) is 4.98. The van der Waals surface area contributed by atoms with Crippen molar-refractivity contribution < 1.29 is 23.5 Å². The summed E-state index contributed by atoms with van der Waals surface area (Å²) in [6, 6.07) is 10.8. The first-order valence-corrected chi connectivity index (χ1v) is 10.1. The van der Waals surface area contributed by atoms with Crippen LogP contribution in [-0.2, 0) is 11.3 Å². The normalized spacial score (nSPS) is 12.9. The average Bonchev–Trinajstić information content (AvgIpc) is 3.14. The van der Waals surface area contributed by atoms with E-state index < -0.39 is 29.1 Å². The summed E-state index contributed by atoms with van der Waals surface area (Å²) in [4.78, 5) is 46.8. The number of anilines is 1. The smallest absolute Gasteiger partial charge is 0.415 e. The molecule has 0 unspecified atom stereocenters. The van der Waals surface area contributed by atoms with Crippen molar-refractivity contribution in [2.24, 2.45) is 0 Å². The highest BCUT2D eigenvalue weighted by Gasteiger charge is 2.34. The highest BCUT2D eigenvalue weighted by atomic mass is 19.1. The minimum absolute atomic E-state index is 0.0714. The Labute approximate surface area is 184 Å². The molecule has 7 nitrogen and oxygen atoms in total. The van der Waals surface area contributed by atoms with Crippen molar-refractivity contribution in [3.05, 3.63) is 70.9 Å². The van der Waals surface area contributed by atoms with E-state index in [0.717, 1.165) is 0 Å². The molecule has 0 bridgehead atoms. The van der Waals surface area contributed by atoms with Crippen LogP contribution in [0.1, 0.15) is 53.0 Å². The van der Waals surface area contributed by atoms with Crippen LogP contribution in [0.25, 0.3) is 11.3 Å². The average molecular weight is 435 g/mol. The maximum Gasteiger partial charge on any atom is 0.415 e. The molecule has 1 heterocycles. The molecule has 4 rings (SSSR count). The number of imidazole rings is 1. The van der Waals surface area contributed by atoms with Crippen LogP contribution in [0.2, 0.25) is 0 Å². The molecule has 1 aromatic heterocycles. The first kappa shape index (κ1) is 21.4. The number of amides is 1. The molecule has 0 aliphatic heterocycles. The number of aromatic amines is 1. The summed E-state index contributed by atoms with van der Waals surface area (Å²) in [6.45, 7) is 6.84. The third kappa shape index (κ3) is 3.91. The highest BCUT2D eigenvalue weighted by Crippen LogP contribution is 2.32. The summed E-state index contributed by atoms with van der Waals surface area (Å²) in [7, 11) is 0. The van der Waals surface area contributed by atoms with Gasteiger partial charge in [0.05, 0.1) is 12.2 Å². The van der Waals surface area contributed by atoms with Crippen molar-refractivity contribution in [1.29, 1.82) is 0 Å². The molecule has 164 valence electrons. The number of Topliss-reactive ketones (excluding diaryl/α,β-unsaturated/α-hetero) is 2. The fourth-order valence-electron chi connectivity index (χ4n) is 3.62. The number of nitrogens with zero attached hydrogens (tertiary/aromatic N) is 2. The predicted molar refractivity (Wildman–Crippen MR) is 116 cm³/mol. The topological polar surface area (TPSA) is 92.4 Å². The van der Waals surface area contributed by atoms with Gasteiger partial charge in [0.1, 0.15) is 28.6 Å². The Morgan fingerprint density at radius 1 is 1.09 bits per heavy atom. The fourth-order valence-corrected chi connectivity index (χ4v) is 3.62. The van der Waals surface area contributed by atoms with Gasteiger partial charge in [0.15, 0.2) is 0 Å². The molecular formula is C24H22FN3O4. The first-order chi connectivity index (χ1) is 15.0. The summed E-state index contributed by atoms with van der Waals surface area (Å²) < 4.78 is 19.2. The molecule has 8 heteroatoms. The van der Waals surface area contributed by atoms with Crippen molar-refractivity contribution >= 4 is 23.3 Å². The van der Waals surface area contributed by atoms with E-state index in [9.17, 15) is 18.8 Å². The van der Waals surface area contributed by atoms with Gasteiger partial charge < -0.3 is 9.72 Å². The molecule has 1 aliphatic rings. The van der Waals surface area contributed by atoms with Gasteiger partial charge in [0.25, 0.3) is 5.78 Å². The van der Waals surface area contributed by atoms with Crippen molar-refractivity contribution in [2.45, 2.75) is 39.8 Å². The number of ketones is 2. The zero-order valence-electron chi connectivity index (χ0n) is 18.2. The molecule has 0 saturated carbocycles. The standard InChI is InChI=1S/C24H22FN3O4/c1-13-11-14(25)9-10-17(13)28(23(31)32-24(2,3)4)12-18-26-19-15-7-5-6-8-16(15)21(29)22(30)20(19)27-18/h5-11H,12H2,1-4H3,(H,26,27). The maximum absolute atomic E-state index is 13.7. The summed E-state index contributed by atoms with van der Waals surface area (Å²) in [5.74, 6) is -1.42. The van der Waals surface area contributed by atoms with Crippen molar-refractivity contribution in [3.63, 3.8) is 0 Å². The zero-order chi connectivity index (χ0) is 23.2. The molecule has 0 radical (unpaired) electrons. The van der Waals surface area contributed by atoms with Crippen LogP contribution in [0.5, 0.6) is 0 Å². The number of nitrogens with one attached hydrogen (secondary N) is 1. The lowest BCUT2D eigenvalue weighted by atomic mass is 9.90. The molecule has 1 amide bonds. The van der Waals surface area contributed by atoms with Gasteiger partial charge in [-0.15, -0.1) is 0 Å². The predicted octanol–water partition coefficient (Wildman–Crippen LogP) is 4.84. The number of aryl methyl sites for hydroxylation is 1. The lowest BCUT2D eigenvalue weighted by Crippen LogP contribution is -2.37. The number of aromatic nitrogens is 2. The Morgan fingerprint density at radius 2 is 1.78 bits per heavy atom. The number of carbonyl (C=O) groups excluding carboxylic acids is 3. The first-order valence-electron chi connectivity index (χ1n) is 10.1. The Kier molecular flexibility index (Phi) is 5.16. The number of benzene rings is 2. The van der Waals surface area contributed by atoms with E-state index in [4.69, 9.17) is 4.74 Å². The number of rotatable bonds is 3. The monoisotopic (exact) mass is 435 g/mol. The number of halogens is 1. The lowest BCUT2D eigenvalue weighted by molar-refractivity contribution is 0.0576. The molecule has 1 N–H and O–H groups in total. The highest BCUT2D eigenvalue weighted by molar-refractivity contribution is 6.52. The lowest BCUT2D eigenvalue weighted by Gasteiger charge is -2.28. The number of hydrogen-bond acceptors (Lipinski definition) is 5. The van der Waals surface area contributed by atoms with E-state index >= 15 is 0 Å². The minimum Gasteiger partial charge on any atom is -0.443 e. The Morgan fingerprint density at radius 3 is 2.44 bits per heavy atom. The number of H-pyrrole nitrogens is 1. The number of hydrogen-bond donors (Lipinski definition) is 1. The Hall–Kier alpha value is -3.81. The van der Waals surface area contributed by atoms with Crippen LogP contribution in [0.3, 0.4) is 0 Å². The van der Waals surface area contributed by atoms with E-state index in [-0.39, 0.29) is 12.2 Å². The van der Waals surface area contributed by atoms with Gasteiger partial charge in [-0.1, -0.05) is 24.3 Å². The van der Waals surface area contributed by atoms with Crippen LogP contribution >= 0.6 is 0 Å². The fraction of sp³-hybridized carbons (Fsp3) is 0.250. The van der Waals surface area contributed by atoms with Gasteiger partial charge in [0.2, 0.25) is 5.78 Å². The van der Waals surface area contributed by atoms with Gasteiger partial charge in [-0.25, -0.2) is 14.2 Å². The minimum atomic E-state index is -0.757. The molecule has 1 aliphatic carbocycles. The Bertz CT molecular complexity index is 1260. The van der Waals surface area contributed by atoms with Crippen molar-refractivity contribution in [1.82, 2.24) is 9.97 Å². The molecule has 0 fully saturated rings. The number of fused-ring (bicyclic) bond motifs is 3. The van der Waals surface area contributed by atoms with Crippen LogP contribution in [0.4, 0.5) is 14.9 Å². The number of carbonyl (C=O) groups is 3. The zero-order valence-corrected chi connectivity index (χ0v) is 18.2. The van der Waals surface area contributed by atoms with Gasteiger partial charge in [-0.2, -0.15) is 0 Å². The van der Waals surface area contributed by atoms with Crippen LogP contribution in [0, 0.1) is 12.7 Å². The van der Waals surface area contributed by atoms with Crippen molar-refractivity contribution in [2.75, 3.05) is 4.90 Å². The summed E-state index contributed by atoms with van der Waals surface area (Å²) >= 11 is 0. The molecule has 3 aromatic rings. The van der Waals surface area contributed by atoms with Crippen LogP contribution in [0.15, 0.2) is 42.5 Å². The van der Waals surface area contributed by atoms with Crippen LogP contribution in [-0.4, -0.2) is 33.2 Å². The van der Waals surface area contributed by atoms with E-state index in [1.54, 1.807) is 52.0 Å². The van der Waals surface area contributed by atoms with Gasteiger partial charge in [-0.3, -0.25) is 14.5 Å². The van der Waals surface area contributed by atoms with Gasteiger partial charge >= 0.3 is 6.09 Å². The Balaban J connectivity index is 1.76. The molecule has 0 spiro atoms. The van der Waals surface area contributed by atoms with E-state index in [1.165, 1.54) is 23.1 Å². The van der Waals surface area contributed by atoms with Gasteiger partial charge in [-0.05, 0) is 51.5 Å². The summed E-state index contributed by atoms with van der Waals surface area (Å²) in [5, 5.41) is 0. The summed E-state index contributed by atoms with van der Waals surface area (Å²) in [6.07, 6.45) is -0.649.